The fraction of sp³-hybridized carbons (Fsp3) is 0.250. The molecule has 3 aromatic rings. The summed E-state index contributed by atoms with van der Waals surface area (Å²) in [5, 5.41) is 2.84. The molecule has 168 valence electrons. The average molecular weight is 502 g/mol. The van der Waals surface area contributed by atoms with Gasteiger partial charge in [-0.25, -0.2) is 9.18 Å². The molecule has 6 nitrogen and oxygen atoms in total. The number of carbonyl (C=O) groups is 2. The SMILES string of the molecule is CC(C)N(CC(=O)N(Cc1ccc(F)cc1)Cc1ccco1)C(=O)Nc1cccc(Br)c1. The van der Waals surface area contributed by atoms with Crippen LogP contribution >= 0.6 is 15.9 Å². The van der Waals surface area contributed by atoms with Gasteiger partial charge in [0.1, 0.15) is 18.1 Å². The van der Waals surface area contributed by atoms with Crippen LogP contribution in [0.5, 0.6) is 0 Å². The Labute approximate surface area is 195 Å². The third kappa shape index (κ3) is 6.68. The highest BCUT2D eigenvalue weighted by molar-refractivity contribution is 9.10. The Kier molecular flexibility index (Phi) is 8.05. The number of carbonyl (C=O) groups excluding carboxylic acids is 2. The summed E-state index contributed by atoms with van der Waals surface area (Å²) >= 11 is 3.38. The van der Waals surface area contributed by atoms with E-state index < -0.39 is 0 Å². The number of benzene rings is 2. The van der Waals surface area contributed by atoms with Crippen LogP contribution in [-0.2, 0) is 17.9 Å². The molecule has 0 fully saturated rings. The van der Waals surface area contributed by atoms with Crippen molar-refractivity contribution in [1.29, 1.82) is 0 Å². The molecule has 0 aliphatic heterocycles. The van der Waals surface area contributed by atoms with Crippen molar-refractivity contribution < 1.29 is 18.4 Å². The lowest BCUT2D eigenvalue weighted by atomic mass is 10.2. The number of rotatable bonds is 8. The normalized spacial score (nSPS) is 10.8. The summed E-state index contributed by atoms with van der Waals surface area (Å²) in [6.07, 6.45) is 1.54. The molecule has 1 N–H and O–H groups in total. The number of anilines is 1. The van der Waals surface area contributed by atoms with Crippen molar-refractivity contribution in [3.05, 3.63) is 88.5 Å². The number of hydrogen-bond donors (Lipinski definition) is 1. The van der Waals surface area contributed by atoms with Crippen LogP contribution < -0.4 is 5.32 Å². The number of halogens is 2. The Bertz CT molecular complexity index is 1040. The molecule has 0 saturated heterocycles. The minimum Gasteiger partial charge on any atom is -0.467 e. The Morgan fingerprint density at radius 1 is 1.06 bits per heavy atom. The molecule has 1 heterocycles. The monoisotopic (exact) mass is 501 g/mol. The maximum atomic E-state index is 13.3. The lowest BCUT2D eigenvalue weighted by Crippen LogP contribution is -2.47. The van der Waals surface area contributed by atoms with Crippen LogP contribution in [0.25, 0.3) is 0 Å². The summed E-state index contributed by atoms with van der Waals surface area (Å²) in [6, 6.07) is 16.2. The molecule has 1 aromatic heterocycles. The van der Waals surface area contributed by atoms with E-state index in [1.807, 2.05) is 26.0 Å². The standard InChI is InChI=1S/C24H25BrFN3O3/c1-17(2)29(24(31)27-21-6-3-5-19(25)13-21)16-23(30)28(15-22-7-4-12-32-22)14-18-8-10-20(26)11-9-18/h3-13,17H,14-16H2,1-2H3,(H,27,31). The van der Waals surface area contributed by atoms with Gasteiger partial charge in [-0.2, -0.15) is 0 Å². The van der Waals surface area contributed by atoms with Gasteiger partial charge in [-0.3, -0.25) is 4.79 Å². The second-order valence-electron chi connectivity index (χ2n) is 7.62. The minimum atomic E-state index is -0.369. The highest BCUT2D eigenvalue weighted by Crippen LogP contribution is 2.17. The van der Waals surface area contributed by atoms with Crippen molar-refractivity contribution in [3.63, 3.8) is 0 Å². The van der Waals surface area contributed by atoms with E-state index in [1.165, 1.54) is 17.0 Å². The molecule has 3 amide bonds. The molecule has 0 atom stereocenters. The predicted octanol–water partition coefficient (Wildman–Crippen LogP) is 5.65. The Morgan fingerprint density at radius 2 is 1.81 bits per heavy atom. The summed E-state index contributed by atoms with van der Waals surface area (Å²) in [5.41, 5.74) is 1.40. The first-order valence-electron chi connectivity index (χ1n) is 10.2. The lowest BCUT2D eigenvalue weighted by molar-refractivity contribution is -0.133. The zero-order valence-corrected chi connectivity index (χ0v) is 19.5. The molecule has 3 rings (SSSR count). The van der Waals surface area contributed by atoms with Crippen LogP contribution in [0.2, 0.25) is 0 Å². The number of amides is 3. The van der Waals surface area contributed by atoms with Crippen molar-refractivity contribution in [3.8, 4) is 0 Å². The second-order valence-corrected chi connectivity index (χ2v) is 8.53. The first-order valence-corrected chi connectivity index (χ1v) is 11.0. The zero-order chi connectivity index (χ0) is 23.1. The predicted molar refractivity (Wildman–Crippen MR) is 124 cm³/mol. The van der Waals surface area contributed by atoms with Gasteiger partial charge in [0.2, 0.25) is 5.91 Å². The average Bonchev–Trinajstić information content (AvgIpc) is 3.26. The van der Waals surface area contributed by atoms with Crippen LogP contribution in [0.1, 0.15) is 25.2 Å². The molecule has 0 aliphatic carbocycles. The maximum absolute atomic E-state index is 13.3. The smallest absolute Gasteiger partial charge is 0.322 e. The van der Waals surface area contributed by atoms with E-state index in [2.05, 4.69) is 21.2 Å². The molecular formula is C24H25BrFN3O3. The van der Waals surface area contributed by atoms with Crippen LogP contribution in [0, 0.1) is 5.82 Å². The Balaban J connectivity index is 1.74. The van der Waals surface area contributed by atoms with Gasteiger partial charge in [0.05, 0.1) is 12.8 Å². The third-order valence-corrected chi connectivity index (χ3v) is 5.33. The van der Waals surface area contributed by atoms with E-state index in [0.29, 0.717) is 11.4 Å². The number of furan rings is 1. The fourth-order valence-electron chi connectivity index (χ4n) is 3.13. The van der Waals surface area contributed by atoms with Crippen LogP contribution in [0.3, 0.4) is 0 Å². The van der Waals surface area contributed by atoms with Crippen molar-refractivity contribution in [1.82, 2.24) is 9.80 Å². The van der Waals surface area contributed by atoms with Gasteiger partial charge in [-0.05, 0) is 61.9 Å². The molecular weight excluding hydrogens is 477 g/mol. The lowest BCUT2D eigenvalue weighted by Gasteiger charge is -2.30. The maximum Gasteiger partial charge on any atom is 0.322 e. The van der Waals surface area contributed by atoms with E-state index in [0.717, 1.165) is 10.0 Å². The molecule has 0 radical (unpaired) electrons. The van der Waals surface area contributed by atoms with Crippen molar-refractivity contribution in [2.24, 2.45) is 0 Å². The van der Waals surface area contributed by atoms with Crippen molar-refractivity contribution >= 4 is 33.6 Å². The minimum absolute atomic E-state index is 0.112. The molecule has 0 saturated carbocycles. The van der Waals surface area contributed by atoms with E-state index in [-0.39, 0.29) is 43.4 Å². The second kappa shape index (κ2) is 10.9. The molecule has 2 aromatic carbocycles. The number of hydrogen-bond acceptors (Lipinski definition) is 3. The van der Waals surface area contributed by atoms with Crippen LogP contribution in [0.15, 0.2) is 75.8 Å². The van der Waals surface area contributed by atoms with E-state index in [4.69, 9.17) is 4.42 Å². The third-order valence-electron chi connectivity index (χ3n) is 4.83. The van der Waals surface area contributed by atoms with E-state index >= 15 is 0 Å². The van der Waals surface area contributed by atoms with Gasteiger partial charge < -0.3 is 19.5 Å². The first-order chi connectivity index (χ1) is 15.3. The summed E-state index contributed by atoms with van der Waals surface area (Å²) in [6.45, 7) is 4.09. The number of nitrogens with one attached hydrogen (secondary N) is 1. The number of nitrogens with zero attached hydrogens (tertiary/aromatic N) is 2. The van der Waals surface area contributed by atoms with Gasteiger partial charge in [-0.15, -0.1) is 0 Å². The molecule has 32 heavy (non-hydrogen) atoms. The van der Waals surface area contributed by atoms with Gasteiger partial charge in [0.25, 0.3) is 0 Å². The van der Waals surface area contributed by atoms with Crippen molar-refractivity contribution in [2.75, 3.05) is 11.9 Å². The topological polar surface area (TPSA) is 65.8 Å². The van der Waals surface area contributed by atoms with E-state index in [9.17, 15) is 14.0 Å². The summed E-state index contributed by atoms with van der Waals surface area (Å²) in [7, 11) is 0. The summed E-state index contributed by atoms with van der Waals surface area (Å²) < 4.78 is 19.5. The highest BCUT2D eigenvalue weighted by Gasteiger charge is 2.24. The molecule has 0 spiro atoms. The first kappa shape index (κ1) is 23.5. The Hall–Kier alpha value is -3.13. The molecule has 0 unspecified atom stereocenters. The summed E-state index contributed by atoms with van der Waals surface area (Å²) in [4.78, 5) is 29.2. The highest BCUT2D eigenvalue weighted by atomic mass is 79.9. The van der Waals surface area contributed by atoms with Crippen molar-refractivity contribution in [2.45, 2.75) is 33.0 Å². The van der Waals surface area contributed by atoms with Gasteiger partial charge in [-0.1, -0.05) is 34.1 Å². The number of urea groups is 1. The largest absolute Gasteiger partial charge is 0.467 e. The van der Waals surface area contributed by atoms with Gasteiger partial charge >= 0.3 is 6.03 Å². The van der Waals surface area contributed by atoms with Gasteiger partial charge in [0, 0.05) is 22.7 Å². The molecule has 0 aliphatic rings. The van der Waals surface area contributed by atoms with E-state index in [1.54, 1.807) is 47.6 Å². The quantitative estimate of drug-likeness (QED) is 0.433. The van der Waals surface area contributed by atoms with Gasteiger partial charge in [0.15, 0.2) is 0 Å². The fourth-order valence-corrected chi connectivity index (χ4v) is 3.53. The molecule has 8 heteroatoms. The summed E-state index contributed by atoms with van der Waals surface area (Å²) in [5.74, 6) is 0.0341. The van der Waals surface area contributed by atoms with Crippen LogP contribution in [-0.4, -0.2) is 34.3 Å². The molecule has 0 bridgehead atoms. The Morgan fingerprint density at radius 3 is 2.44 bits per heavy atom. The zero-order valence-electron chi connectivity index (χ0n) is 17.9. The van der Waals surface area contributed by atoms with Crippen LogP contribution in [0.4, 0.5) is 14.9 Å².